The summed E-state index contributed by atoms with van der Waals surface area (Å²) in [6.45, 7) is 3.42. The minimum Gasteiger partial charge on any atom is -0.497 e. The molecule has 0 unspecified atom stereocenters. The molecule has 0 aromatic heterocycles. The molecule has 0 saturated carbocycles. The zero-order chi connectivity index (χ0) is 26.1. The maximum Gasteiger partial charge on any atom is 0.169 e. The molecular weight excluding hydrogens is 583 g/mol. The van der Waals surface area contributed by atoms with Gasteiger partial charge in [0, 0.05) is 17.3 Å². The molecule has 3 aliphatic rings. The van der Waals surface area contributed by atoms with Crippen molar-refractivity contribution in [3.05, 3.63) is 42.0 Å². The zero-order valence-corrected chi connectivity index (χ0v) is 24.6. The molecule has 4 rings (SSSR count). The third-order valence-electron chi connectivity index (χ3n) is 8.04. The number of benzene rings is 1. The van der Waals surface area contributed by atoms with E-state index >= 15 is 0 Å². The topological polar surface area (TPSA) is 66.4 Å². The standard InChI is InChI=1S/C30H45IO6/c1-22-14-16-30(17-15-26(36-30)19-25-7-6-8-27(20-31)35-25)37-29(22)28(32)9-4-3-5-18-34-21-23-10-12-24(33-2)13-11-23/h3-4,10-13,22,25-29,32H,5-9,14-21H2,1-2H3/b4-3-/t22-,25+,26+,27-,28+,29-,30+/m1/s1. The SMILES string of the molecule is COc1ccc(COCC/C=C\C[C@H](O)[C@@H]2O[C@]3(CC[C@@H](C[C@@H]4CCC[C@H](CI)O4)O3)CC[C@H]2C)cc1. The van der Waals surface area contributed by atoms with Crippen molar-refractivity contribution in [2.45, 2.75) is 114 Å². The van der Waals surface area contributed by atoms with E-state index < -0.39 is 11.9 Å². The number of ether oxygens (including phenoxy) is 5. The van der Waals surface area contributed by atoms with Crippen molar-refractivity contribution >= 4 is 22.6 Å². The molecule has 0 amide bonds. The van der Waals surface area contributed by atoms with E-state index in [0.29, 0.717) is 37.8 Å². The number of halogens is 1. The number of methoxy groups -OCH3 is 1. The highest BCUT2D eigenvalue weighted by atomic mass is 127. The number of hydrogen-bond acceptors (Lipinski definition) is 6. The number of aliphatic hydroxyl groups is 1. The van der Waals surface area contributed by atoms with Crippen molar-refractivity contribution in [3.8, 4) is 5.75 Å². The minimum atomic E-state index is -0.530. The lowest BCUT2D eigenvalue weighted by Crippen LogP contribution is -2.49. The Morgan fingerprint density at radius 3 is 2.62 bits per heavy atom. The molecular formula is C30H45IO6. The summed E-state index contributed by atoms with van der Waals surface area (Å²) in [7, 11) is 1.67. The van der Waals surface area contributed by atoms with Gasteiger partial charge in [-0.25, -0.2) is 0 Å². The van der Waals surface area contributed by atoms with Crippen LogP contribution in [0.15, 0.2) is 36.4 Å². The average Bonchev–Trinajstić information content (AvgIpc) is 3.31. The van der Waals surface area contributed by atoms with Crippen molar-refractivity contribution < 1.29 is 28.8 Å². The first-order valence-electron chi connectivity index (χ1n) is 14.1. The highest BCUT2D eigenvalue weighted by Gasteiger charge is 2.48. The Labute approximate surface area is 236 Å². The average molecular weight is 629 g/mol. The van der Waals surface area contributed by atoms with E-state index in [-0.39, 0.29) is 12.2 Å². The Morgan fingerprint density at radius 2 is 1.84 bits per heavy atom. The normalized spacial score (nSPS) is 33.2. The lowest BCUT2D eigenvalue weighted by Gasteiger charge is -2.43. The zero-order valence-electron chi connectivity index (χ0n) is 22.5. The molecule has 7 atom stereocenters. The van der Waals surface area contributed by atoms with Crippen LogP contribution in [0.4, 0.5) is 0 Å². The van der Waals surface area contributed by atoms with Gasteiger partial charge < -0.3 is 28.8 Å². The van der Waals surface area contributed by atoms with Crippen molar-refractivity contribution in [2.24, 2.45) is 5.92 Å². The van der Waals surface area contributed by atoms with Crippen LogP contribution in [0.1, 0.15) is 76.7 Å². The third-order valence-corrected chi connectivity index (χ3v) is 9.02. The van der Waals surface area contributed by atoms with E-state index in [4.69, 9.17) is 23.7 Å². The lowest BCUT2D eigenvalue weighted by atomic mass is 9.87. The minimum absolute atomic E-state index is 0.196. The number of alkyl halides is 1. The van der Waals surface area contributed by atoms with Crippen LogP contribution in [0, 0.1) is 5.92 Å². The van der Waals surface area contributed by atoms with Gasteiger partial charge in [0.05, 0.1) is 50.8 Å². The van der Waals surface area contributed by atoms with Gasteiger partial charge in [-0.1, -0.05) is 53.8 Å². The fourth-order valence-electron chi connectivity index (χ4n) is 5.84. The van der Waals surface area contributed by atoms with Gasteiger partial charge in [0.1, 0.15) is 5.75 Å². The third kappa shape index (κ3) is 8.64. The van der Waals surface area contributed by atoms with Crippen LogP contribution in [0.2, 0.25) is 0 Å². The van der Waals surface area contributed by atoms with Crippen LogP contribution < -0.4 is 4.74 Å². The van der Waals surface area contributed by atoms with Crippen molar-refractivity contribution in [1.82, 2.24) is 0 Å². The summed E-state index contributed by atoms with van der Waals surface area (Å²) >= 11 is 2.43. The highest BCUT2D eigenvalue weighted by Crippen LogP contribution is 2.44. The Morgan fingerprint density at radius 1 is 1.05 bits per heavy atom. The van der Waals surface area contributed by atoms with E-state index in [0.717, 1.165) is 60.7 Å². The largest absolute Gasteiger partial charge is 0.497 e. The monoisotopic (exact) mass is 628 g/mol. The van der Waals surface area contributed by atoms with Crippen LogP contribution in [0.5, 0.6) is 5.75 Å². The fraction of sp³-hybridized carbons (Fsp3) is 0.733. The molecule has 0 aliphatic carbocycles. The van der Waals surface area contributed by atoms with Crippen LogP contribution in [0.25, 0.3) is 0 Å². The molecule has 3 aliphatic heterocycles. The van der Waals surface area contributed by atoms with Gasteiger partial charge in [-0.05, 0) is 75.0 Å². The van der Waals surface area contributed by atoms with Gasteiger partial charge in [0.25, 0.3) is 0 Å². The van der Waals surface area contributed by atoms with Gasteiger partial charge >= 0.3 is 0 Å². The Hall–Kier alpha value is -0.710. The number of rotatable bonds is 12. The predicted octanol–water partition coefficient (Wildman–Crippen LogP) is 6.36. The van der Waals surface area contributed by atoms with E-state index in [1.54, 1.807) is 7.11 Å². The van der Waals surface area contributed by atoms with Gasteiger partial charge in [-0.3, -0.25) is 0 Å². The molecule has 0 radical (unpaired) electrons. The number of hydrogen-bond donors (Lipinski definition) is 1. The molecule has 1 aromatic carbocycles. The lowest BCUT2D eigenvalue weighted by molar-refractivity contribution is -0.297. The van der Waals surface area contributed by atoms with E-state index in [1.165, 1.54) is 12.8 Å². The van der Waals surface area contributed by atoms with Crippen molar-refractivity contribution in [2.75, 3.05) is 18.1 Å². The number of aliphatic hydroxyl groups excluding tert-OH is 1. The van der Waals surface area contributed by atoms with Crippen molar-refractivity contribution in [3.63, 3.8) is 0 Å². The second-order valence-electron chi connectivity index (χ2n) is 11.0. The van der Waals surface area contributed by atoms with Crippen LogP contribution >= 0.6 is 22.6 Å². The Bertz CT molecular complexity index is 832. The maximum absolute atomic E-state index is 11.0. The summed E-state index contributed by atoms with van der Waals surface area (Å²) in [4.78, 5) is 0. The van der Waals surface area contributed by atoms with Crippen LogP contribution in [-0.4, -0.2) is 59.6 Å². The molecule has 1 spiro atoms. The molecule has 7 heteroatoms. The summed E-state index contributed by atoms with van der Waals surface area (Å²) in [5.74, 6) is 0.639. The van der Waals surface area contributed by atoms with Gasteiger partial charge in [-0.15, -0.1) is 0 Å². The Kier molecular flexibility index (Phi) is 11.6. The molecule has 3 fully saturated rings. The first-order valence-corrected chi connectivity index (χ1v) is 15.6. The summed E-state index contributed by atoms with van der Waals surface area (Å²) < 4.78 is 31.4. The second-order valence-corrected chi connectivity index (χ2v) is 11.8. The van der Waals surface area contributed by atoms with Crippen LogP contribution in [0.3, 0.4) is 0 Å². The van der Waals surface area contributed by atoms with Gasteiger partial charge in [-0.2, -0.15) is 0 Å². The molecule has 3 saturated heterocycles. The van der Waals surface area contributed by atoms with Crippen molar-refractivity contribution in [1.29, 1.82) is 0 Å². The molecule has 3 heterocycles. The summed E-state index contributed by atoms with van der Waals surface area (Å²) in [6.07, 6.45) is 14.1. The summed E-state index contributed by atoms with van der Waals surface area (Å²) in [6, 6.07) is 7.93. The first-order chi connectivity index (χ1) is 18.0. The van der Waals surface area contributed by atoms with E-state index in [2.05, 4.69) is 41.7 Å². The second kappa shape index (κ2) is 14.6. The van der Waals surface area contributed by atoms with E-state index in [9.17, 15) is 5.11 Å². The maximum atomic E-state index is 11.0. The fourth-order valence-corrected chi connectivity index (χ4v) is 6.49. The molecule has 208 valence electrons. The molecule has 1 aromatic rings. The Balaban J connectivity index is 1.16. The summed E-state index contributed by atoms with van der Waals surface area (Å²) in [5, 5.41) is 11.0. The first kappa shape index (κ1) is 29.3. The van der Waals surface area contributed by atoms with Gasteiger partial charge in [0.15, 0.2) is 5.79 Å². The summed E-state index contributed by atoms with van der Waals surface area (Å²) in [5.41, 5.74) is 1.13. The highest BCUT2D eigenvalue weighted by molar-refractivity contribution is 14.1. The van der Waals surface area contributed by atoms with Gasteiger partial charge in [0.2, 0.25) is 0 Å². The predicted molar refractivity (Wildman–Crippen MR) is 153 cm³/mol. The molecule has 6 nitrogen and oxygen atoms in total. The quantitative estimate of drug-likeness (QED) is 0.126. The molecule has 37 heavy (non-hydrogen) atoms. The molecule has 1 N–H and O–H groups in total. The van der Waals surface area contributed by atoms with Crippen LogP contribution in [-0.2, 0) is 25.6 Å². The molecule has 0 bridgehead atoms. The smallest absolute Gasteiger partial charge is 0.169 e. The van der Waals surface area contributed by atoms with E-state index in [1.807, 2.05) is 24.3 Å².